The van der Waals surface area contributed by atoms with Gasteiger partial charge in [0.05, 0.1) is 28.0 Å². The largest absolute Gasteiger partial charge is 0.504 e. The summed E-state index contributed by atoms with van der Waals surface area (Å²) in [6.45, 7) is 6.99. The molecule has 0 aromatic heterocycles. The molecule has 9 nitrogen and oxygen atoms in total. The Labute approximate surface area is 226 Å². The predicted molar refractivity (Wildman–Crippen MR) is 144 cm³/mol. The van der Waals surface area contributed by atoms with Gasteiger partial charge in [0, 0.05) is 42.2 Å². The minimum absolute atomic E-state index is 0.169. The molecule has 2 aliphatic heterocycles. The third kappa shape index (κ3) is 3.45. The molecule has 9 heteroatoms. The van der Waals surface area contributed by atoms with Crippen LogP contribution < -0.4 is 4.74 Å². The number of likely N-dealkylation sites (N-methyl/N-ethyl adjacent to an activating group) is 1. The Balaban J connectivity index is 1.45. The van der Waals surface area contributed by atoms with Crippen LogP contribution in [-0.2, 0) is 16.6 Å². The number of hydrogen-bond donors (Lipinski definition) is 2. The molecule has 39 heavy (non-hydrogen) atoms. The number of benzene rings is 2. The number of ether oxygens (including phenoxy) is 1. The van der Waals surface area contributed by atoms with Gasteiger partial charge in [-0.15, -0.1) is 6.58 Å². The van der Waals surface area contributed by atoms with Crippen LogP contribution in [0.15, 0.2) is 43.0 Å². The summed E-state index contributed by atoms with van der Waals surface area (Å²) in [4.78, 5) is 28.6. The van der Waals surface area contributed by atoms with Gasteiger partial charge in [0.2, 0.25) is 0 Å². The van der Waals surface area contributed by atoms with Gasteiger partial charge in [0.1, 0.15) is 6.10 Å². The Hall–Kier alpha value is -3.87. The van der Waals surface area contributed by atoms with Gasteiger partial charge in [-0.05, 0) is 56.8 Å². The van der Waals surface area contributed by atoms with Gasteiger partial charge in [-0.25, -0.2) is 0 Å². The van der Waals surface area contributed by atoms with Crippen molar-refractivity contribution in [2.75, 3.05) is 20.1 Å². The summed E-state index contributed by atoms with van der Waals surface area (Å²) >= 11 is 0. The highest BCUT2D eigenvalue weighted by Crippen LogP contribution is 2.67. The number of aryl methyl sites for hydroxylation is 1. The molecule has 2 bridgehead atoms. The molecule has 2 aromatic rings. The third-order valence-electron chi connectivity index (χ3n) is 9.36. The third-order valence-corrected chi connectivity index (χ3v) is 9.36. The molecule has 0 radical (unpaired) electrons. The van der Waals surface area contributed by atoms with Crippen LogP contribution in [0, 0.1) is 28.9 Å². The molecule has 2 aliphatic carbocycles. The van der Waals surface area contributed by atoms with E-state index in [4.69, 9.17) is 4.74 Å². The van der Waals surface area contributed by atoms with E-state index >= 15 is 0 Å². The summed E-state index contributed by atoms with van der Waals surface area (Å²) in [6.07, 6.45) is 2.65. The zero-order valence-corrected chi connectivity index (χ0v) is 22.0. The molecule has 6 rings (SSSR count). The number of nitrogens with zero attached hydrogens (tertiary/aromatic N) is 3. The molecule has 0 unspecified atom stereocenters. The number of piperidine rings is 1. The second-order valence-electron chi connectivity index (χ2n) is 11.2. The lowest BCUT2D eigenvalue weighted by molar-refractivity contribution is -0.386. The second kappa shape index (κ2) is 8.83. The fourth-order valence-electron chi connectivity index (χ4n) is 7.70. The van der Waals surface area contributed by atoms with E-state index in [0.717, 1.165) is 17.2 Å². The van der Waals surface area contributed by atoms with Crippen molar-refractivity contribution in [3.8, 4) is 23.3 Å². The van der Waals surface area contributed by atoms with Gasteiger partial charge < -0.3 is 19.8 Å². The fourth-order valence-corrected chi connectivity index (χ4v) is 7.70. The molecule has 2 fully saturated rings. The quantitative estimate of drug-likeness (QED) is 0.271. The first-order valence-electron chi connectivity index (χ1n) is 13.3. The molecule has 1 spiro atoms. The van der Waals surface area contributed by atoms with Crippen LogP contribution in [0.25, 0.3) is 0 Å². The molecular weight excluding hydrogens is 498 g/mol. The Kier molecular flexibility index (Phi) is 5.75. The number of amides is 1. The molecule has 1 saturated carbocycles. The van der Waals surface area contributed by atoms with Gasteiger partial charge >= 0.3 is 0 Å². The number of phenols is 1. The molecule has 5 atom stereocenters. The maximum absolute atomic E-state index is 13.3. The number of hydrogen-bond acceptors (Lipinski definition) is 7. The number of carbonyl (C=O) groups excluding carboxylic acids is 1. The number of rotatable bonds is 4. The maximum Gasteiger partial charge on any atom is 0.298 e. The summed E-state index contributed by atoms with van der Waals surface area (Å²) in [5.41, 5.74) is 0.378. The molecule has 4 aliphatic rings. The number of carbonyl (C=O) groups is 1. The van der Waals surface area contributed by atoms with Gasteiger partial charge in [-0.1, -0.05) is 24.1 Å². The van der Waals surface area contributed by atoms with Crippen molar-refractivity contribution in [1.29, 1.82) is 0 Å². The van der Waals surface area contributed by atoms with E-state index in [1.54, 1.807) is 18.0 Å². The first-order chi connectivity index (χ1) is 18.6. The number of nitro benzene ring substituents is 1. The lowest BCUT2D eigenvalue weighted by atomic mass is 9.48. The Morgan fingerprint density at radius 1 is 1.38 bits per heavy atom. The van der Waals surface area contributed by atoms with Crippen LogP contribution in [0.2, 0.25) is 0 Å². The maximum atomic E-state index is 13.3. The predicted octanol–water partition coefficient (Wildman–Crippen LogP) is 2.83. The highest BCUT2D eigenvalue weighted by Gasteiger charge is 2.74. The van der Waals surface area contributed by atoms with Gasteiger partial charge in [0.15, 0.2) is 11.5 Å². The first-order valence-corrected chi connectivity index (χ1v) is 13.3. The lowest BCUT2D eigenvalue weighted by Gasteiger charge is -2.64. The fraction of sp³-hybridized carbons (Fsp3) is 0.433. The average molecular weight is 530 g/mol. The van der Waals surface area contributed by atoms with Crippen LogP contribution in [0.1, 0.15) is 41.5 Å². The summed E-state index contributed by atoms with van der Waals surface area (Å²) in [7, 11) is 1.68. The van der Waals surface area contributed by atoms with Crippen LogP contribution in [0.3, 0.4) is 0 Å². The van der Waals surface area contributed by atoms with Crippen LogP contribution in [-0.4, -0.2) is 74.8 Å². The monoisotopic (exact) mass is 529 g/mol. The molecular formula is C30H31N3O6. The molecule has 202 valence electrons. The van der Waals surface area contributed by atoms with Gasteiger partial charge in [-0.2, -0.15) is 0 Å². The van der Waals surface area contributed by atoms with Crippen LogP contribution >= 0.6 is 0 Å². The number of aliphatic hydroxyl groups is 1. The van der Waals surface area contributed by atoms with E-state index in [1.165, 1.54) is 0 Å². The van der Waals surface area contributed by atoms with E-state index < -0.39 is 28.1 Å². The molecule has 2 aromatic carbocycles. The molecule has 1 saturated heterocycles. The van der Waals surface area contributed by atoms with E-state index in [1.807, 2.05) is 31.2 Å². The van der Waals surface area contributed by atoms with Crippen molar-refractivity contribution in [2.24, 2.45) is 0 Å². The number of nitro groups is 1. The molecule has 2 heterocycles. The number of likely N-dealkylation sites (tertiary alicyclic amines) is 1. The van der Waals surface area contributed by atoms with Crippen molar-refractivity contribution >= 4 is 11.6 Å². The Morgan fingerprint density at radius 2 is 2.18 bits per heavy atom. The Bertz CT molecular complexity index is 1480. The summed E-state index contributed by atoms with van der Waals surface area (Å²) in [5.74, 6) is 5.18. The highest BCUT2D eigenvalue weighted by molar-refractivity contribution is 5.94. The highest BCUT2D eigenvalue weighted by atomic mass is 16.6. The van der Waals surface area contributed by atoms with Crippen LogP contribution in [0.4, 0.5) is 5.69 Å². The lowest BCUT2D eigenvalue weighted by Crippen LogP contribution is -2.78. The van der Waals surface area contributed by atoms with E-state index in [0.29, 0.717) is 43.5 Å². The normalized spacial score (nSPS) is 29.9. The van der Waals surface area contributed by atoms with Gasteiger partial charge in [0.25, 0.3) is 11.6 Å². The first kappa shape index (κ1) is 25.4. The van der Waals surface area contributed by atoms with Crippen molar-refractivity contribution in [3.05, 3.63) is 75.4 Å². The number of phenolic OH excluding ortho intramolecular Hbond substituents is 1. The number of aromatic hydroxyl groups is 1. The summed E-state index contributed by atoms with van der Waals surface area (Å²) in [6, 6.07) is 7.92. The SMILES string of the molecule is C=CCN1CC[C@]23c4c5c([N+](=O)[O-])cc(O)c4O[C@H]2[C@@H](N(C)C(=O)C#Cc2cccc(C)c2)CC[C@@]3(O)[C@H]1C5. The van der Waals surface area contributed by atoms with E-state index in [-0.39, 0.29) is 35.6 Å². The summed E-state index contributed by atoms with van der Waals surface area (Å²) < 4.78 is 6.45. The van der Waals surface area contributed by atoms with Crippen molar-refractivity contribution < 1.29 is 24.7 Å². The standard InChI is InChI=1S/C30H31N3O6/c1-4-13-32-14-12-29-26-20-16-24(32)30(29,36)11-10-21(28(29)39-27(26)23(34)17-22(20)33(37)38)31(3)25(35)9-8-19-7-5-6-18(2)15-19/h4-7,15,17,21,24,28,34,36H,1,10-14,16H2,2-3H3/t21-,24+,28-,29-,30+/m0/s1. The van der Waals surface area contributed by atoms with Gasteiger partial charge in [-0.3, -0.25) is 19.8 Å². The van der Waals surface area contributed by atoms with Crippen LogP contribution in [0.5, 0.6) is 11.5 Å². The minimum atomic E-state index is -1.26. The zero-order valence-electron chi connectivity index (χ0n) is 22.0. The van der Waals surface area contributed by atoms with Crippen molar-refractivity contribution in [1.82, 2.24) is 9.80 Å². The second-order valence-corrected chi connectivity index (χ2v) is 11.2. The van der Waals surface area contributed by atoms with Crippen molar-refractivity contribution in [3.63, 3.8) is 0 Å². The smallest absolute Gasteiger partial charge is 0.298 e. The summed E-state index contributed by atoms with van der Waals surface area (Å²) in [5, 5.41) is 35.5. The average Bonchev–Trinajstić information content (AvgIpc) is 3.25. The Morgan fingerprint density at radius 3 is 2.90 bits per heavy atom. The van der Waals surface area contributed by atoms with E-state index in [2.05, 4.69) is 23.3 Å². The molecule has 2 N–H and O–H groups in total. The topological polar surface area (TPSA) is 116 Å². The minimum Gasteiger partial charge on any atom is -0.504 e. The molecule has 1 amide bonds. The van der Waals surface area contributed by atoms with Crippen molar-refractivity contribution in [2.45, 2.75) is 61.8 Å². The van der Waals surface area contributed by atoms with E-state index in [9.17, 15) is 25.1 Å². The zero-order chi connectivity index (χ0) is 27.7.